The Labute approximate surface area is 201 Å². The molecule has 0 aliphatic carbocycles. The highest BCUT2D eigenvalue weighted by Crippen LogP contribution is 2.28. The monoisotopic (exact) mass is 473 g/mol. The molecule has 0 unspecified atom stereocenters. The van der Waals surface area contributed by atoms with E-state index >= 15 is 0 Å². The Morgan fingerprint density at radius 2 is 1.50 bits per heavy atom. The van der Waals surface area contributed by atoms with E-state index in [-0.39, 0.29) is 18.3 Å². The van der Waals surface area contributed by atoms with Gasteiger partial charge < -0.3 is 4.74 Å². The fourth-order valence-corrected chi connectivity index (χ4v) is 3.82. The number of hydrazine groups is 1. The number of para-hydroxylation sites is 2. The van der Waals surface area contributed by atoms with Gasteiger partial charge in [-0.2, -0.15) is 0 Å². The summed E-state index contributed by atoms with van der Waals surface area (Å²) in [6, 6.07) is 26.7. The van der Waals surface area contributed by atoms with Crippen LogP contribution in [0.25, 0.3) is 17.1 Å². The van der Waals surface area contributed by atoms with Crippen molar-refractivity contribution in [3.05, 3.63) is 90.5 Å². The number of carbonyl (C=O) groups excluding carboxylic acids is 2. The number of nitrogens with zero attached hydrogens (tertiary/aromatic N) is 3. The Balaban J connectivity index is 1.38. The Morgan fingerprint density at radius 1 is 0.853 bits per heavy atom. The molecule has 1 aromatic heterocycles. The summed E-state index contributed by atoms with van der Waals surface area (Å²) < 4.78 is 7.27. The molecule has 9 heteroatoms. The highest BCUT2D eigenvalue weighted by Gasteiger charge is 2.17. The van der Waals surface area contributed by atoms with E-state index in [1.165, 1.54) is 11.8 Å². The van der Waals surface area contributed by atoms with Crippen molar-refractivity contribution in [2.24, 2.45) is 0 Å². The molecule has 172 valence electrons. The van der Waals surface area contributed by atoms with Crippen molar-refractivity contribution in [2.75, 3.05) is 12.4 Å². The lowest BCUT2D eigenvalue weighted by molar-refractivity contribution is -0.128. The van der Waals surface area contributed by atoms with Crippen LogP contribution in [-0.4, -0.2) is 38.9 Å². The number of aryl methyl sites for hydroxylation is 1. The maximum absolute atomic E-state index is 12.3. The number of hydrogen-bond acceptors (Lipinski definition) is 6. The summed E-state index contributed by atoms with van der Waals surface area (Å²) in [5, 5.41) is 9.25. The molecule has 0 saturated carbocycles. The zero-order chi connectivity index (χ0) is 23.8. The van der Waals surface area contributed by atoms with Crippen LogP contribution >= 0.6 is 11.8 Å². The topological polar surface area (TPSA) is 98.1 Å². The fourth-order valence-electron chi connectivity index (χ4n) is 3.07. The second-order valence-corrected chi connectivity index (χ2v) is 8.27. The molecule has 3 aromatic carbocycles. The Bertz CT molecular complexity index is 1240. The van der Waals surface area contributed by atoms with E-state index in [9.17, 15) is 9.59 Å². The number of aromatic nitrogens is 3. The Morgan fingerprint density at radius 3 is 2.21 bits per heavy atom. The van der Waals surface area contributed by atoms with Crippen LogP contribution in [0.3, 0.4) is 0 Å². The maximum atomic E-state index is 12.3. The van der Waals surface area contributed by atoms with Gasteiger partial charge in [-0.3, -0.25) is 25.0 Å². The summed E-state index contributed by atoms with van der Waals surface area (Å²) >= 11 is 1.23. The van der Waals surface area contributed by atoms with Crippen molar-refractivity contribution in [1.82, 2.24) is 25.6 Å². The first-order valence-electron chi connectivity index (χ1n) is 10.6. The summed E-state index contributed by atoms with van der Waals surface area (Å²) in [5.74, 6) is 0.456. The standard InChI is InChI=1S/C25H23N5O3S/c1-18-12-14-19(15-13-18)24-28-29-25(30(24)20-8-4-2-5-9-20)34-17-23(32)27-26-22(31)16-33-21-10-6-3-7-11-21/h2-15H,16-17H2,1H3,(H,26,31)(H,27,32). The number of nitrogens with one attached hydrogen (secondary N) is 2. The van der Waals surface area contributed by atoms with Crippen LogP contribution in [0.2, 0.25) is 0 Å². The number of thioether (sulfide) groups is 1. The van der Waals surface area contributed by atoms with Crippen molar-refractivity contribution in [3.63, 3.8) is 0 Å². The van der Waals surface area contributed by atoms with Gasteiger partial charge in [0.1, 0.15) is 5.75 Å². The van der Waals surface area contributed by atoms with Crippen molar-refractivity contribution in [1.29, 1.82) is 0 Å². The molecule has 0 bridgehead atoms. The van der Waals surface area contributed by atoms with Crippen molar-refractivity contribution in [2.45, 2.75) is 12.1 Å². The van der Waals surface area contributed by atoms with Crippen LogP contribution in [0, 0.1) is 6.92 Å². The van der Waals surface area contributed by atoms with E-state index in [0.717, 1.165) is 16.8 Å². The number of amides is 2. The molecule has 8 nitrogen and oxygen atoms in total. The third-order valence-electron chi connectivity index (χ3n) is 4.74. The molecule has 0 aliphatic heterocycles. The van der Waals surface area contributed by atoms with Gasteiger partial charge in [-0.1, -0.05) is 78.0 Å². The summed E-state index contributed by atoms with van der Waals surface area (Å²) in [7, 11) is 0. The van der Waals surface area contributed by atoms with Gasteiger partial charge in [-0.05, 0) is 31.2 Å². The van der Waals surface area contributed by atoms with Gasteiger partial charge in [0, 0.05) is 11.3 Å². The van der Waals surface area contributed by atoms with Crippen LogP contribution in [0.4, 0.5) is 0 Å². The van der Waals surface area contributed by atoms with E-state index in [1.54, 1.807) is 12.1 Å². The summed E-state index contributed by atoms with van der Waals surface area (Å²) in [6.45, 7) is 1.82. The second kappa shape index (κ2) is 11.2. The van der Waals surface area contributed by atoms with Gasteiger partial charge in [-0.15, -0.1) is 10.2 Å². The molecular weight excluding hydrogens is 450 g/mol. The van der Waals surface area contributed by atoms with Crippen molar-refractivity contribution in [3.8, 4) is 22.8 Å². The molecule has 0 fully saturated rings. The van der Waals surface area contributed by atoms with Gasteiger partial charge in [0.15, 0.2) is 17.6 Å². The number of rotatable bonds is 8. The number of hydrogen-bond donors (Lipinski definition) is 2. The minimum atomic E-state index is -0.462. The predicted molar refractivity (Wildman–Crippen MR) is 130 cm³/mol. The Kier molecular flexibility index (Phi) is 7.56. The van der Waals surface area contributed by atoms with E-state index in [2.05, 4.69) is 21.0 Å². The number of benzene rings is 3. The highest BCUT2D eigenvalue weighted by molar-refractivity contribution is 7.99. The fraction of sp³-hybridized carbons (Fsp3) is 0.120. The number of ether oxygens (including phenoxy) is 1. The quantitative estimate of drug-likeness (QED) is 0.300. The van der Waals surface area contributed by atoms with Gasteiger partial charge in [0.05, 0.1) is 5.75 Å². The molecule has 2 amide bonds. The third-order valence-corrected chi connectivity index (χ3v) is 5.67. The van der Waals surface area contributed by atoms with Crippen LogP contribution < -0.4 is 15.6 Å². The molecule has 4 rings (SSSR count). The lowest BCUT2D eigenvalue weighted by Crippen LogP contribution is -2.44. The van der Waals surface area contributed by atoms with Crippen LogP contribution in [0.1, 0.15) is 5.56 Å². The van der Waals surface area contributed by atoms with Gasteiger partial charge in [-0.25, -0.2) is 0 Å². The van der Waals surface area contributed by atoms with Crippen molar-refractivity contribution >= 4 is 23.6 Å². The highest BCUT2D eigenvalue weighted by atomic mass is 32.2. The SMILES string of the molecule is Cc1ccc(-c2nnc(SCC(=O)NNC(=O)COc3ccccc3)n2-c2ccccc2)cc1. The van der Waals surface area contributed by atoms with E-state index in [1.807, 2.05) is 84.3 Å². The molecule has 0 aliphatic rings. The van der Waals surface area contributed by atoms with Crippen LogP contribution in [0.15, 0.2) is 90.1 Å². The van der Waals surface area contributed by atoms with E-state index in [0.29, 0.717) is 16.7 Å². The molecule has 2 N–H and O–H groups in total. The Hall–Kier alpha value is -4.11. The predicted octanol–water partition coefficient (Wildman–Crippen LogP) is 3.56. The normalized spacial score (nSPS) is 10.5. The third kappa shape index (κ3) is 6.02. The first-order valence-corrected chi connectivity index (χ1v) is 11.5. The smallest absolute Gasteiger partial charge is 0.276 e. The van der Waals surface area contributed by atoms with E-state index < -0.39 is 5.91 Å². The lowest BCUT2D eigenvalue weighted by atomic mass is 10.1. The molecule has 4 aromatic rings. The molecule has 0 atom stereocenters. The largest absolute Gasteiger partial charge is 0.484 e. The van der Waals surface area contributed by atoms with Gasteiger partial charge in [0.25, 0.3) is 5.91 Å². The average Bonchev–Trinajstić information content (AvgIpc) is 3.30. The summed E-state index contributed by atoms with van der Waals surface area (Å²) in [6.07, 6.45) is 0. The first kappa shape index (κ1) is 23.1. The summed E-state index contributed by atoms with van der Waals surface area (Å²) in [5.41, 5.74) is 7.70. The summed E-state index contributed by atoms with van der Waals surface area (Å²) in [4.78, 5) is 24.2. The average molecular weight is 474 g/mol. The second-order valence-electron chi connectivity index (χ2n) is 7.33. The molecule has 0 spiro atoms. The first-order chi connectivity index (χ1) is 16.6. The molecule has 0 radical (unpaired) electrons. The molecule has 1 heterocycles. The minimum Gasteiger partial charge on any atom is -0.484 e. The molecule has 0 saturated heterocycles. The minimum absolute atomic E-state index is 0.0404. The van der Waals surface area contributed by atoms with Crippen molar-refractivity contribution < 1.29 is 14.3 Å². The molecular formula is C25H23N5O3S. The zero-order valence-corrected chi connectivity index (χ0v) is 19.3. The van der Waals surface area contributed by atoms with Gasteiger partial charge >= 0.3 is 0 Å². The van der Waals surface area contributed by atoms with E-state index in [4.69, 9.17) is 4.74 Å². The zero-order valence-electron chi connectivity index (χ0n) is 18.5. The van der Waals surface area contributed by atoms with Gasteiger partial charge in [0.2, 0.25) is 5.91 Å². The number of carbonyl (C=O) groups is 2. The molecule has 34 heavy (non-hydrogen) atoms. The maximum Gasteiger partial charge on any atom is 0.276 e. The van der Waals surface area contributed by atoms with Crippen LogP contribution in [0.5, 0.6) is 5.75 Å². The van der Waals surface area contributed by atoms with Crippen LogP contribution in [-0.2, 0) is 9.59 Å². The lowest BCUT2D eigenvalue weighted by Gasteiger charge is -2.11.